The fraction of sp³-hybridized carbons (Fsp3) is 0.143. The third-order valence-electron chi connectivity index (χ3n) is 2.42. The van der Waals surface area contributed by atoms with Gasteiger partial charge in [0, 0.05) is 6.92 Å². The molecule has 104 valence electrons. The van der Waals surface area contributed by atoms with Gasteiger partial charge in [-0.3, -0.25) is 4.79 Å². The van der Waals surface area contributed by atoms with Crippen molar-refractivity contribution in [2.45, 2.75) is 6.92 Å². The van der Waals surface area contributed by atoms with Crippen LogP contribution in [0.1, 0.15) is 16.6 Å². The average Bonchev–Trinajstić information content (AvgIpc) is 2.88. The van der Waals surface area contributed by atoms with Gasteiger partial charge in [0.1, 0.15) is 0 Å². The van der Waals surface area contributed by atoms with Crippen molar-refractivity contribution in [2.75, 3.05) is 12.4 Å². The van der Waals surface area contributed by atoms with E-state index in [-0.39, 0.29) is 5.91 Å². The van der Waals surface area contributed by atoms with E-state index in [4.69, 9.17) is 4.74 Å². The van der Waals surface area contributed by atoms with E-state index < -0.39 is 5.97 Å². The Kier molecular flexibility index (Phi) is 4.37. The number of nitrogens with one attached hydrogen (secondary N) is 1. The van der Waals surface area contributed by atoms with Crippen molar-refractivity contribution in [1.82, 2.24) is 0 Å². The highest BCUT2D eigenvalue weighted by atomic mass is 32.1. The number of amides is 1. The number of esters is 1. The van der Waals surface area contributed by atoms with Gasteiger partial charge in [0.25, 0.3) is 0 Å². The zero-order valence-electron chi connectivity index (χ0n) is 11.0. The topological polar surface area (TPSA) is 64.6 Å². The fourth-order valence-electron chi connectivity index (χ4n) is 1.59. The molecule has 1 amide bonds. The summed E-state index contributed by atoms with van der Waals surface area (Å²) in [5, 5.41) is 4.41. The first-order chi connectivity index (χ1) is 9.61. The van der Waals surface area contributed by atoms with E-state index in [2.05, 4.69) is 10.1 Å². The molecule has 5 nitrogen and oxygen atoms in total. The zero-order chi connectivity index (χ0) is 14.5. The standard InChI is InChI=1S/C14H13NO4S/c1-9(16)15-10-5-3-4-6-11(10)19-12-7-8-20-13(12)14(17)18-2/h3-8H,1-2H3,(H,15,16). The quantitative estimate of drug-likeness (QED) is 0.878. The molecule has 1 aromatic heterocycles. The molecule has 0 unspecified atom stereocenters. The van der Waals surface area contributed by atoms with E-state index >= 15 is 0 Å². The largest absolute Gasteiger partial charge is 0.465 e. The fourth-order valence-corrected chi connectivity index (χ4v) is 2.32. The Bertz CT molecular complexity index is 636. The number of carbonyl (C=O) groups is 2. The molecule has 0 aliphatic carbocycles. The van der Waals surface area contributed by atoms with Gasteiger partial charge in [0.05, 0.1) is 12.8 Å². The van der Waals surface area contributed by atoms with E-state index in [1.807, 2.05) is 0 Å². The van der Waals surface area contributed by atoms with Crippen LogP contribution in [-0.4, -0.2) is 19.0 Å². The van der Waals surface area contributed by atoms with Gasteiger partial charge in [-0.1, -0.05) is 12.1 Å². The minimum Gasteiger partial charge on any atom is -0.465 e. The van der Waals surface area contributed by atoms with Crippen molar-refractivity contribution < 1.29 is 19.1 Å². The lowest BCUT2D eigenvalue weighted by Crippen LogP contribution is -2.07. The van der Waals surface area contributed by atoms with Crippen LogP contribution in [0.2, 0.25) is 0 Å². The summed E-state index contributed by atoms with van der Waals surface area (Å²) in [7, 11) is 1.32. The van der Waals surface area contributed by atoms with Gasteiger partial charge in [-0.15, -0.1) is 11.3 Å². The van der Waals surface area contributed by atoms with Gasteiger partial charge < -0.3 is 14.8 Å². The molecule has 0 radical (unpaired) electrons. The lowest BCUT2D eigenvalue weighted by molar-refractivity contribution is -0.114. The van der Waals surface area contributed by atoms with Crippen molar-refractivity contribution in [3.05, 3.63) is 40.6 Å². The number of hydrogen-bond acceptors (Lipinski definition) is 5. The maximum atomic E-state index is 11.6. The predicted octanol–water partition coefficient (Wildman–Crippen LogP) is 3.29. The van der Waals surface area contributed by atoms with Gasteiger partial charge in [0.2, 0.25) is 5.91 Å². The van der Waals surface area contributed by atoms with E-state index in [1.165, 1.54) is 25.4 Å². The number of ether oxygens (including phenoxy) is 2. The van der Waals surface area contributed by atoms with Gasteiger partial charge in [0.15, 0.2) is 16.4 Å². The maximum Gasteiger partial charge on any atom is 0.351 e. The molecule has 1 aromatic carbocycles. The molecule has 0 aliphatic heterocycles. The Balaban J connectivity index is 2.29. The Hall–Kier alpha value is -2.34. The van der Waals surface area contributed by atoms with Gasteiger partial charge in [-0.05, 0) is 23.6 Å². The molecule has 6 heteroatoms. The van der Waals surface area contributed by atoms with Crippen LogP contribution < -0.4 is 10.1 Å². The minimum absolute atomic E-state index is 0.195. The van der Waals surface area contributed by atoms with Gasteiger partial charge in [-0.2, -0.15) is 0 Å². The summed E-state index contributed by atoms with van der Waals surface area (Å²) >= 11 is 1.23. The summed E-state index contributed by atoms with van der Waals surface area (Å²) in [6.45, 7) is 1.42. The number of methoxy groups -OCH3 is 1. The minimum atomic E-state index is -0.452. The lowest BCUT2D eigenvalue weighted by Gasteiger charge is -2.11. The highest BCUT2D eigenvalue weighted by molar-refractivity contribution is 7.12. The molecule has 0 atom stereocenters. The van der Waals surface area contributed by atoms with E-state index in [0.29, 0.717) is 22.1 Å². The summed E-state index contributed by atoms with van der Waals surface area (Å²) in [5.41, 5.74) is 0.544. The Morgan fingerprint density at radius 3 is 2.60 bits per heavy atom. The van der Waals surface area contributed by atoms with Crippen molar-refractivity contribution in [2.24, 2.45) is 0 Å². The van der Waals surface area contributed by atoms with Crippen LogP contribution in [0.3, 0.4) is 0 Å². The van der Waals surface area contributed by atoms with E-state index in [9.17, 15) is 9.59 Å². The van der Waals surface area contributed by atoms with Crippen LogP contribution in [-0.2, 0) is 9.53 Å². The van der Waals surface area contributed by atoms with Crippen LogP contribution in [0.4, 0.5) is 5.69 Å². The maximum absolute atomic E-state index is 11.6. The first kappa shape index (κ1) is 14.1. The normalized spacial score (nSPS) is 9.90. The summed E-state index contributed by atoms with van der Waals surface area (Å²) in [4.78, 5) is 23.1. The smallest absolute Gasteiger partial charge is 0.351 e. The average molecular weight is 291 g/mol. The first-order valence-corrected chi connectivity index (χ1v) is 6.70. The van der Waals surface area contributed by atoms with Crippen molar-refractivity contribution in [3.63, 3.8) is 0 Å². The van der Waals surface area contributed by atoms with E-state index in [1.54, 1.807) is 35.7 Å². The van der Waals surface area contributed by atoms with Crippen molar-refractivity contribution >= 4 is 28.9 Å². The first-order valence-electron chi connectivity index (χ1n) is 5.82. The predicted molar refractivity (Wildman–Crippen MR) is 76.5 cm³/mol. The number of rotatable bonds is 4. The molecule has 2 aromatic rings. The summed E-state index contributed by atoms with van der Waals surface area (Å²) in [6.07, 6.45) is 0. The number of thiophene rings is 1. The van der Waals surface area contributed by atoms with Crippen molar-refractivity contribution in [3.8, 4) is 11.5 Å². The molecule has 20 heavy (non-hydrogen) atoms. The summed E-state index contributed by atoms with van der Waals surface area (Å²) in [6, 6.07) is 8.68. The molecule has 0 bridgehead atoms. The van der Waals surface area contributed by atoms with Crippen molar-refractivity contribution in [1.29, 1.82) is 0 Å². The lowest BCUT2D eigenvalue weighted by atomic mass is 10.3. The number of carbonyl (C=O) groups excluding carboxylic acids is 2. The molecule has 1 N–H and O–H groups in total. The highest BCUT2D eigenvalue weighted by Crippen LogP contribution is 2.34. The highest BCUT2D eigenvalue weighted by Gasteiger charge is 2.16. The molecule has 0 fully saturated rings. The van der Waals surface area contributed by atoms with Crippen LogP contribution in [0.15, 0.2) is 35.7 Å². The third-order valence-corrected chi connectivity index (χ3v) is 3.29. The van der Waals surface area contributed by atoms with Crippen LogP contribution in [0.5, 0.6) is 11.5 Å². The van der Waals surface area contributed by atoms with Crippen LogP contribution >= 0.6 is 11.3 Å². The summed E-state index contributed by atoms with van der Waals surface area (Å²) in [5.74, 6) is 0.220. The number of para-hydroxylation sites is 2. The second-order valence-corrected chi connectivity index (χ2v) is 4.80. The monoisotopic (exact) mass is 291 g/mol. The number of hydrogen-bond donors (Lipinski definition) is 1. The SMILES string of the molecule is COC(=O)c1sccc1Oc1ccccc1NC(C)=O. The van der Waals surface area contributed by atoms with E-state index in [0.717, 1.165) is 0 Å². The second-order valence-electron chi connectivity index (χ2n) is 3.88. The number of benzene rings is 1. The third kappa shape index (κ3) is 3.16. The molecule has 0 saturated heterocycles. The Labute approximate surface area is 120 Å². The second kappa shape index (κ2) is 6.21. The Morgan fingerprint density at radius 1 is 1.15 bits per heavy atom. The molecular weight excluding hydrogens is 278 g/mol. The van der Waals surface area contributed by atoms with Crippen LogP contribution in [0.25, 0.3) is 0 Å². The number of anilines is 1. The molecule has 0 saturated carbocycles. The van der Waals surface area contributed by atoms with Gasteiger partial charge >= 0.3 is 5.97 Å². The molecule has 0 aliphatic rings. The van der Waals surface area contributed by atoms with Gasteiger partial charge in [-0.25, -0.2) is 4.79 Å². The molecular formula is C14H13NO4S. The molecule has 0 spiro atoms. The molecule has 1 heterocycles. The zero-order valence-corrected chi connectivity index (χ0v) is 11.8. The summed E-state index contributed by atoms with van der Waals surface area (Å²) < 4.78 is 10.4. The van der Waals surface area contributed by atoms with Crippen LogP contribution in [0, 0.1) is 0 Å². The Morgan fingerprint density at radius 2 is 1.90 bits per heavy atom. The molecule has 2 rings (SSSR count).